The Morgan fingerprint density at radius 2 is 2.00 bits per heavy atom. The van der Waals surface area contributed by atoms with Gasteiger partial charge in [-0.25, -0.2) is 0 Å². The van der Waals surface area contributed by atoms with E-state index in [1.807, 2.05) is 6.08 Å². The zero-order valence-electron chi connectivity index (χ0n) is 8.77. The normalized spacial score (nSPS) is 12.2. The molecule has 0 bridgehead atoms. The molecule has 0 N–H and O–H groups in total. The minimum atomic E-state index is 0.629. The molecule has 0 aliphatic rings. The smallest absolute Gasteiger partial charge is 0.0222 e. The first-order valence-electron chi connectivity index (χ1n) is 5.04. The van der Waals surface area contributed by atoms with Crippen LogP contribution >= 0.6 is 0 Å². The summed E-state index contributed by atoms with van der Waals surface area (Å²) in [5, 5.41) is 0. The maximum absolute atomic E-state index is 3.81. The molecule has 0 aromatic rings. The van der Waals surface area contributed by atoms with Crippen LogP contribution in [-0.4, -0.2) is 0 Å². The van der Waals surface area contributed by atoms with Crippen molar-refractivity contribution in [3.05, 3.63) is 24.3 Å². The number of rotatable bonds is 6. The van der Waals surface area contributed by atoms with Crippen LogP contribution in [0, 0.1) is 5.92 Å². The van der Waals surface area contributed by atoms with Gasteiger partial charge in [0.15, 0.2) is 0 Å². The Hall–Kier alpha value is -0.520. The molecule has 0 aliphatic heterocycles. The van der Waals surface area contributed by atoms with Gasteiger partial charge in [-0.15, -0.1) is 0 Å². The van der Waals surface area contributed by atoms with E-state index in [4.69, 9.17) is 0 Å². The molecule has 70 valence electrons. The number of hydrogen-bond donors (Lipinski definition) is 0. The minimum Gasteiger partial charge on any atom is -0.0988 e. The summed E-state index contributed by atoms with van der Waals surface area (Å²) < 4.78 is 0. The van der Waals surface area contributed by atoms with Crippen molar-refractivity contribution in [2.75, 3.05) is 0 Å². The molecule has 0 fully saturated rings. The van der Waals surface area contributed by atoms with Gasteiger partial charge in [-0.1, -0.05) is 57.9 Å². The van der Waals surface area contributed by atoms with Crippen LogP contribution in [0.15, 0.2) is 24.3 Å². The summed E-state index contributed by atoms with van der Waals surface area (Å²) >= 11 is 0. The molecule has 0 spiro atoms. The summed E-state index contributed by atoms with van der Waals surface area (Å²) in [7, 11) is 0. The van der Waals surface area contributed by atoms with Gasteiger partial charge in [0.05, 0.1) is 0 Å². The second kappa shape index (κ2) is 7.15. The third-order valence-electron chi connectivity index (χ3n) is 2.09. The van der Waals surface area contributed by atoms with Crippen LogP contribution in [0.5, 0.6) is 0 Å². The van der Waals surface area contributed by atoms with Crippen molar-refractivity contribution in [3.63, 3.8) is 0 Å². The highest BCUT2D eigenvalue weighted by Gasteiger charge is 1.96. The van der Waals surface area contributed by atoms with E-state index >= 15 is 0 Å². The molecule has 12 heavy (non-hydrogen) atoms. The van der Waals surface area contributed by atoms with E-state index in [1.54, 1.807) is 0 Å². The van der Waals surface area contributed by atoms with E-state index in [1.165, 1.54) is 31.3 Å². The van der Waals surface area contributed by atoms with Gasteiger partial charge in [0.25, 0.3) is 0 Å². The molecule has 0 heteroatoms. The molecule has 0 atom stereocenters. The third kappa shape index (κ3) is 5.17. The molecule has 0 unspecified atom stereocenters. The van der Waals surface area contributed by atoms with Crippen LogP contribution in [0.3, 0.4) is 0 Å². The van der Waals surface area contributed by atoms with Gasteiger partial charge in [-0.05, 0) is 18.8 Å². The lowest BCUT2D eigenvalue weighted by molar-refractivity contribution is 0.717. The highest BCUT2D eigenvalue weighted by Crippen LogP contribution is 2.12. The van der Waals surface area contributed by atoms with Gasteiger partial charge in [0.1, 0.15) is 0 Å². The molecule has 0 saturated carbocycles. The fraction of sp³-hybridized carbons (Fsp3) is 0.667. The van der Waals surface area contributed by atoms with Gasteiger partial charge in [-0.3, -0.25) is 0 Å². The van der Waals surface area contributed by atoms with E-state index in [9.17, 15) is 0 Å². The first-order valence-corrected chi connectivity index (χ1v) is 5.04. The quantitative estimate of drug-likeness (QED) is 0.407. The van der Waals surface area contributed by atoms with E-state index < -0.39 is 0 Å². The summed E-state index contributed by atoms with van der Waals surface area (Å²) in [5.41, 5.74) is 1.39. The first kappa shape index (κ1) is 11.5. The van der Waals surface area contributed by atoms with E-state index in [2.05, 4.69) is 33.4 Å². The molecule has 0 aliphatic carbocycles. The van der Waals surface area contributed by atoms with Crippen LogP contribution in [0.1, 0.15) is 46.5 Å². The lowest BCUT2D eigenvalue weighted by Crippen LogP contribution is -1.89. The molecule has 0 aromatic heterocycles. The monoisotopic (exact) mass is 166 g/mol. The molecule has 0 aromatic carbocycles. The summed E-state index contributed by atoms with van der Waals surface area (Å²) in [6.07, 6.45) is 9.50. The molecular weight excluding hydrogens is 144 g/mol. The topological polar surface area (TPSA) is 0 Å². The lowest BCUT2D eigenvalue weighted by atomic mass is 10.0. The van der Waals surface area contributed by atoms with Gasteiger partial charge in [-0.2, -0.15) is 0 Å². The van der Waals surface area contributed by atoms with Gasteiger partial charge in [0, 0.05) is 0 Å². The Kier molecular flexibility index (Phi) is 6.84. The number of hydrogen-bond acceptors (Lipinski definition) is 0. The third-order valence-corrected chi connectivity index (χ3v) is 2.09. The Labute approximate surface area is 77.4 Å². The standard InChI is InChI=1S/C12H22/c1-5-7-8-9-10-12(6-2)11(3)4/h6,10-11H,2,5,7-9H2,1,3-4H3/b12-10+. The van der Waals surface area contributed by atoms with Crippen LogP contribution in [0.2, 0.25) is 0 Å². The van der Waals surface area contributed by atoms with Gasteiger partial charge in [0.2, 0.25) is 0 Å². The van der Waals surface area contributed by atoms with Crippen molar-refractivity contribution >= 4 is 0 Å². The highest BCUT2D eigenvalue weighted by atomic mass is 14.0. The molecule has 0 radical (unpaired) electrons. The highest BCUT2D eigenvalue weighted by molar-refractivity contribution is 5.17. The van der Waals surface area contributed by atoms with Crippen LogP contribution in [0.25, 0.3) is 0 Å². The molecule has 0 rings (SSSR count). The van der Waals surface area contributed by atoms with Gasteiger partial charge >= 0.3 is 0 Å². The molecular formula is C12H22. The lowest BCUT2D eigenvalue weighted by Gasteiger charge is -2.05. The Morgan fingerprint density at radius 3 is 2.42 bits per heavy atom. The SMILES string of the molecule is C=C/C(=C\CCCCC)C(C)C. The van der Waals surface area contributed by atoms with Crippen LogP contribution < -0.4 is 0 Å². The average molecular weight is 166 g/mol. The maximum Gasteiger partial charge on any atom is -0.0222 e. The summed E-state index contributed by atoms with van der Waals surface area (Å²) in [6, 6.07) is 0. The maximum atomic E-state index is 3.81. The van der Waals surface area contributed by atoms with Crippen LogP contribution in [-0.2, 0) is 0 Å². The minimum absolute atomic E-state index is 0.629. The zero-order chi connectivity index (χ0) is 9.40. The van der Waals surface area contributed by atoms with E-state index in [-0.39, 0.29) is 0 Å². The Morgan fingerprint density at radius 1 is 1.33 bits per heavy atom. The summed E-state index contributed by atoms with van der Waals surface area (Å²) in [6.45, 7) is 10.5. The van der Waals surface area contributed by atoms with Crippen molar-refractivity contribution in [2.45, 2.75) is 46.5 Å². The van der Waals surface area contributed by atoms with Crippen molar-refractivity contribution in [1.29, 1.82) is 0 Å². The fourth-order valence-corrected chi connectivity index (χ4v) is 1.22. The number of allylic oxidation sites excluding steroid dienone is 3. The first-order chi connectivity index (χ1) is 5.72. The summed E-state index contributed by atoms with van der Waals surface area (Å²) in [4.78, 5) is 0. The molecule has 0 heterocycles. The fourth-order valence-electron chi connectivity index (χ4n) is 1.22. The molecule has 0 saturated heterocycles. The second-order valence-electron chi connectivity index (χ2n) is 3.56. The Bertz CT molecular complexity index is 140. The zero-order valence-corrected chi connectivity index (χ0v) is 8.77. The molecule has 0 amide bonds. The average Bonchev–Trinajstić information content (AvgIpc) is 2.04. The van der Waals surface area contributed by atoms with Crippen molar-refractivity contribution in [2.24, 2.45) is 5.92 Å². The van der Waals surface area contributed by atoms with E-state index in [0.717, 1.165) is 0 Å². The molecule has 0 nitrogen and oxygen atoms in total. The van der Waals surface area contributed by atoms with Crippen molar-refractivity contribution < 1.29 is 0 Å². The second-order valence-corrected chi connectivity index (χ2v) is 3.56. The Balaban J connectivity index is 3.71. The van der Waals surface area contributed by atoms with E-state index in [0.29, 0.717) is 5.92 Å². The number of unbranched alkanes of at least 4 members (excludes halogenated alkanes) is 3. The summed E-state index contributed by atoms with van der Waals surface area (Å²) in [5.74, 6) is 0.629. The predicted octanol–water partition coefficient (Wildman–Crippen LogP) is 4.34. The van der Waals surface area contributed by atoms with Crippen molar-refractivity contribution in [1.82, 2.24) is 0 Å². The van der Waals surface area contributed by atoms with Crippen molar-refractivity contribution in [3.8, 4) is 0 Å². The van der Waals surface area contributed by atoms with Crippen LogP contribution in [0.4, 0.5) is 0 Å². The predicted molar refractivity (Wildman–Crippen MR) is 57.3 cm³/mol. The van der Waals surface area contributed by atoms with Gasteiger partial charge < -0.3 is 0 Å². The largest absolute Gasteiger partial charge is 0.0988 e.